The van der Waals surface area contributed by atoms with E-state index >= 15 is 0 Å². The van der Waals surface area contributed by atoms with E-state index in [9.17, 15) is 19.8 Å². The molecule has 0 aliphatic rings. The van der Waals surface area contributed by atoms with Gasteiger partial charge in [-0.2, -0.15) is 0 Å². The van der Waals surface area contributed by atoms with Crippen LogP contribution in [0.5, 0.6) is 5.75 Å². The summed E-state index contributed by atoms with van der Waals surface area (Å²) in [5.41, 5.74) is -0.745. The molecule has 5 heteroatoms. The summed E-state index contributed by atoms with van der Waals surface area (Å²) in [4.78, 5) is 24.5. The summed E-state index contributed by atoms with van der Waals surface area (Å²) >= 11 is 0. The van der Waals surface area contributed by atoms with E-state index in [1.807, 2.05) is 0 Å². The minimum absolute atomic E-state index is 0.366. The van der Waals surface area contributed by atoms with E-state index in [0.29, 0.717) is 22.4 Å². The standard InChI is InChI=1S/C21H24O5/c1-20(2,24)18(22)14-8-6-13(7-9-14)16-12-15(10-11-17(16)26-5)19(23)21(3,4)25/h6-12,24-25H,1-5H3. The monoisotopic (exact) mass is 356 g/mol. The van der Waals surface area contributed by atoms with Crippen molar-refractivity contribution < 1.29 is 24.5 Å². The Hall–Kier alpha value is -2.50. The van der Waals surface area contributed by atoms with Crippen LogP contribution in [0.25, 0.3) is 11.1 Å². The molecule has 2 aromatic carbocycles. The Bertz CT molecular complexity index is 821. The molecule has 2 rings (SSSR count). The maximum Gasteiger partial charge on any atom is 0.193 e. The molecule has 0 bridgehead atoms. The van der Waals surface area contributed by atoms with Crippen LogP contribution < -0.4 is 4.74 Å². The summed E-state index contributed by atoms with van der Waals surface area (Å²) in [6, 6.07) is 11.6. The molecule has 0 aliphatic carbocycles. The average molecular weight is 356 g/mol. The van der Waals surface area contributed by atoms with Gasteiger partial charge in [0.2, 0.25) is 0 Å². The van der Waals surface area contributed by atoms with Crippen molar-refractivity contribution in [3.8, 4) is 16.9 Å². The topological polar surface area (TPSA) is 83.8 Å². The summed E-state index contributed by atoms with van der Waals surface area (Å²) in [6.07, 6.45) is 0. The van der Waals surface area contributed by atoms with E-state index in [1.54, 1.807) is 42.5 Å². The van der Waals surface area contributed by atoms with Crippen LogP contribution in [-0.2, 0) is 0 Å². The molecule has 0 saturated heterocycles. The number of ether oxygens (including phenoxy) is 1. The van der Waals surface area contributed by atoms with Gasteiger partial charge in [0.05, 0.1) is 7.11 Å². The first-order chi connectivity index (χ1) is 11.9. The number of benzene rings is 2. The number of carbonyl (C=O) groups is 2. The number of Topliss-reactive ketones (excluding diaryl/α,β-unsaturated/α-hetero) is 2. The second-order valence-corrected chi connectivity index (χ2v) is 7.27. The lowest BCUT2D eigenvalue weighted by Crippen LogP contribution is -2.31. The summed E-state index contributed by atoms with van der Waals surface area (Å²) in [5, 5.41) is 19.8. The van der Waals surface area contributed by atoms with Crippen LogP contribution in [0.4, 0.5) is 0 Å². The average Bonchev–Trinajstić information content (AvgIpc) is 2.58. The lowest BCUT2D eigenvalue weighted by Gasteiger charge is -2.18. The van der Waals surface area contributed by atoms with Crippen LogP contribution >= 0.6 is 0 Å². The molecule has 138 valence electrons. The number of methoxy groups -OCH3 is 1. The molecule has 0 saturated carbocycles. The van der Waals surface area contributed by atoms with Gasteiger partial charge >= 0.3 is 0 Å². The Kier molecular flexibility index (Phi) is 5.35. The first-order valence-electron chi connectivity index (χ1n) is 8.28. The van der Waals surface area contributed by atoms with E-state index in [1.165, 1.54) is 34.8 Å². The maximum absolute atomic E-state index is 12.3. The molecular formula is C21H24O5. The summed E-state index contributed by atoms with van der Waals surface area (Å²) in [6.45, 7) is 5.77. The van der Waals surface area contributed by atoms with Crippen molar-refractivity contribution in [3.63, 3.8) is 0 Å². The van der Waals surface area contributed by atoms with Gasteiger partial charge < -0.3 is 14.9 Å². The Morgan fingerprint density at radius 1 is 0.808 bits per heavy atom. The molecule has 0 heterocycles. The molecule has 0 spiro atoms. The number of hydrogen-bond donors (Lipinski definition) is 2. The highest BCUT2D eigenvalue weighted by Gasteiger charge is 2.27. The highest BCUT2D eigenvalue weighted by Crippen LogP contribution is 2.32. The molecular weight excluding hydrogens is 332 g/mol. The van der Waals surface area contributed by atoms with Crippen molar-refractivity contribution in [3.05, 3.63) is 53.6 Å². The van der Waals surface area contributed by atoms with Crippen LogP contribution in [-0.4, -0.2) is 40.1 Å². The summed E-state index contributed by atoms with van der Waals surface area (Å²) in [7, 11) is 1.53. The fraction of sp³-hybridized carbons (Fsp3) is 0.333. The molecule has 26 heavy (non-hydrogen) atoms. The molecule has 0 aliphatic heterocycles. The quantitative estimate of drug-likeness (QED) is 0.776. The molecule has 2 aromatic rings. The van der Waals surface area contributed by atoms with Gasteiger partial charge in [-0.25, -0.2) is 0 Å². The summed E-state index contributed by atoms with van der Waals surface area (Å²) in [5.74, 6) is -0.198. The van der Waals surface area contributed by atoms with Gasteiger partial charge in [-0.15, -0.1) is 0 Å². The Morgan fingerprint density at radius 3 is 1.73 bits per heavy atom. The van der Waals surface area contributed by atoms with Gasteiger partial charge in [-0.3, -0.25) is 9.59 Å². The fourth-order valence-corrected chi connectivity index (χ4v) is 2.58. The normalized spacial score (nSPS) is 12.0. The third-order valence-electron chi connectivity index (χ3n) is 4.03. The minimum atomic E-state index is -1.48. The third-order valence-corrected chi connectivity index (χ3v) is 4.03. The lowest BCUT2D eigenvalue weighted by molar-refractivity contribution is 0.0487. The molecule has 0 aromatic heterocycles. The number of carbonyl (C=O) groups excluding carboxylic acids is 2. The largest absolute Gasteiger partial charge is 0.496 e. The molecule has 0 fully saturated rings. The van der Waals surface area contributed by atoms with Crippen LogP contribution in [0.2, 0.25) is 0 Å². The Balaban J connectivity index is 2.47. The zero-order chi connectivity index (χ0) is 19.7. The predicted molar refractivity (Wildman–Crippen MR) is 99.7 cm³/mol. The number of aliphatic hydroxyl groups is 2. The van der Waals surface area contributed by atoms with Crippen molar-refractivity contribution in [1.82, 2.24) is 0 Å². The van der Waals surface area contributed by atoms with Crippen molar-refractivity contribution in [2.75, 3.05) is 7.11 Å². The van der Waals surface area contributed by atoms with Gasteiger partial charge in [-0.1, -0.05) is 24.3 Å². The minimum Gasteiger partial charge on any atom is -0.496 e. The number of ketones is 2. The Morgan fingerprint density at radius 2 is 1.27 bits per heavy atom. The van der Waals surface area contributed by atoms with Gasteiger partial charge in [0.25, 0.3) is 0 Å². The first kappa shape index (κ1) is 19.8. The van der Waals surface area contributed by atoms with Crippen molar-refractivity contribution in [2.24, 2.45) is 0 Å². The highest BCUT2D eigenvalue weighted by molar-refractivity contribution is 6.03. The maximum atomic E-state index is 12.3. The van der Waals surface area contributed by atoms with E-state index in [4.69, 9.17) is 4.74 Å². The second-order valence-electron chi connectivity index (χ2n) is 7.27. The van der Waals surface area contributed by atoms with Gasteiger partial charge in [0.1, 0.15) is 17.0 Å². The Labute approximate surface area is 153 Å². The van der Waals surface area contributed by atoms with Crippen molar-refractivity contribution >= 4 is 11.6 Å². The van der Waals surface area contributed by atoms with Gasteiger partial charge in [0.15, 0.2) is 11.6 Å². The number of rotatable bonds is 6. The SMILES string of the molecule is COc1ccc(C(=O)C(C)(C)O)cc1-c1ccc(C(=O)C(C)(C)O)cc1. The van der Waals surface area contributed by atoms with E-state index in [2.05, 4.69) is 0 Å². The van der Waals surface area contributed by atoms with Gasteiger partial charge in [-0.05, 0) is 51.5 Å². The molecule has 2 N–H and O–H groups in total. The third kappa shape index (κ3) is 4.18. The van der Waals surface area contributed by atoms with Crippen LogP contribution in [0, 0.1) is 0 Å². The molecule has 0 radical (unpaired) electrons. The van der Waals surface area contributed by atoms with E-state index < -0.39 is 17.0 Å². The fourth-order valence-electron chi connectivity index (χ4n) is 2.58. The highest BCUT2D eigenvalue weighted by atomic mass is 16.5. The number of hydrogen-bond acceptors (Lipinski definition) is 5. The van der Waals surface area contributed by atoms with Gasteiger partial charge in [0, 0.05) is 16.7 Å². The first-order valence-corrected chi connectivity index (χ1v) is 8.28. The van der Waals surface area contributed by atoms with Crippen LogP contribution in [0.1, 0.15) is 48.4 Å². The molecule has 5 nitrogen and oxygen atoms in total. The smallest absolute Gasteiger partial charge is 0.193 e. The van der Waals surface area contributed by atoms with E-state index in [-0.39, 0.29) is 5.78 Å². The predicted octanol–water partition coefficient (Wildman–Crippen LogP) is 3.27. The molecule has 0 unspecified atom stereocenters. The zero-order valence-electron chi connectivity index (χ0n) is 15.7. The molecule has 0 amide bonds. The zero-order valence-corrected chi connectivity index (χ0v) is 15.7. The second kappa shape index (κ2) is 7.02. The van der Waals surface area contributed by atoms with Crippen LogP contribution in [0.3, 0.4) is 0 Å². The van der Waals surface area contributed by atoms with Crippen LogP contribution in [0.15, 0.2) is 42.5 Å². The summed E-state index contributed by atoms with van der Waals surface area (Å²) < 4.78 is 5.37. The van der Waals surface area contributed by atoms with Crippen molar-refractivity contribution in [1.29, 1.82) is 0 Å². The molecule has 0 atom stereocenters. The lowest BCUT2D eigenvalue weighted by atomic mass is 9.92. The van der Waals surface area contributed by atoms with E-state index in [0.717, 1.165) is 5.56 Å². The van der Waals surface area contributed by atoms with Crippen molar-refractivity contribution in [2.45, 2.75) is 38.9 Å².